The van der Waals surface area contributed by atoms with E-state index in [-0.39, 0.29) is 24.1 Å². The Morgan fingerprint density at radius 3 is 2.71 bits per heavy atom. The molecule has 0 spiro atoms. The highest BCUT2D eigenvalue weighted by Crippen LogP contribution is 2.26. The van der Waals surface area contributed by atoms with Gasteiger partial charge in [0, 0.05) is 23.4 Å². The standard InChI is InChI=1S/C15H20N2O3S/c1-21-14-4-2-3-12(10-14)16-15(18)9-11-5-7-13(8-6-11)17(19)20/h5-8,12,14H,2-4,9-10H2,1H3,(H,16,18)/t12-,14+/m0/s1. The van der Waals surface area contributed by atoms with Gasteiger partial charge in [-0.1, -0.05) is 18.6 Å². The van der Waals surface area contributed by atoms with E-state index in [4.69, 9.17) is 0 Å². The second-order valence-corrected chi connectivity index (χ2v) is 6.53. The lowest BCUT2D eigenvalue weighted by atomic mass is 9.94. The molecule has 0 saturated heterocycles. The first-order chi connectivity index (χ1) is 10.1. The lowest BCUT2D eigenvalue weighted by molar-refractivity contribution is -0.384. The summed E-state index contributed by atoms with van der Waals surface area (Å²) in [6.45, 7) is 0. The molecule has 21 heavy (non-hydrogen) atoms. The third-order valence-electron chi connectivity index (χ3n) is 3.84. The Kier molecular flexibility index (Phi) is 5.61. The second-order valence-electron chi connectivity index (χ2n) is 5.39. The van der Waals surface area contributed by atoms with E-state index in [2.05, 4.69) is 11.6 Å². The van der Waals surface area contributed by atoms with Crippen molar-refractivity contribution >= 4 is 23.4 Å². The number of carbonyl (C=O) groups excluding carboxylic acids is 1. The minimum atomic E-state index is -0.436. The third-order valence-corrected chi connectivity index (χ3v) is 4.93. The second kappa shape index (κ2) is 7.45. The molecule has 1 aliphatic carbocycles. The summed E-state index contributed by atoms with van der Waals surface area (Å²) in [5, 5.41) is 14.3. The topological polar surface area (TPSA) is 72.2 Å². The van der Waals surface area contributed by atoms with E-state index in [1.165, 1.54) is 18.6 Å². The highest BCUT2D eigenvalue weighted by Gasteiger charge is 2.22. The van der Waals surface area contributed by atoms with Crippen molar-refractivity contribution in [2.24, 2.45) is 0 Å². The van der Waals surface area contributed by atoms with Crippen LogP contribution in [0.25, 0.3) is 0 Å². The van der Waals surface area contributed by atoms with Crippen molar-refractivity contribution in [3.63, 3.8) is 0 Å². The molecule has 1 N–H and O–H groups in total. The Morgan fingerprint density at radius 1 is 1.38 bits per heavy atom. The molecule has 5 nitrogen and oxygen atoms in total. The zero-order chi connectivity index (χ0) is 15.2. The van der Waals surface area contributed by atoms with Crippen LogP contribution in [0.2, 0.25) is 0 Å². The molecule has 1 aromatic rings. The fourth-order valence-electron chi connectivity index (χ4n) is 2.69. The Balaban J connectivity index is 1.85. The number of rotatable bonds is 5. The molecule has 2 atom stereocenters. The molecular formula is C15H20N2O3S. The van der Waals surface area contributed by atoms with Gasteiger partial charge in [-0.05, 0) is 31.1 Å². The molecular weight excluding hydrogens is 288 g/mol. The van der Waals surface area contributed by atoms with Gasteiger partial charge in [-0.15, -0.1) is 0 Å². The number of benzene rings is 1. The molecule has 1 fully saturated rings. The van der Waals surface area contributed by atoms with Crippen LogP contribution in [-0.2, 0) is 11.2 Å². The molecule has 1 aliphatic rings. The van der Waals surface area contributed by atoms with Gasteiger partial charge in [0.15, 0.2) is 0 Å². The van der Waals surface area contributed by atoms with E-state index in [0.29, 0.717) is 5.25 Å². The largest absolute Gasteiger partial charge is 0.353 e. The van der Waals surface area contributed by atoms with E-state index >= 15 is 0 Å². The summed E-state index contributed by atoms with van der Waals surface area (Å²) in [4.78, 5) is 22.2. The maximum atomic E-state index is 12.0. The van der Waals surface area contributed by atoms with Crippen molar-refractivity contribution in [2.75, 3.05) is 6.26 Å². The lowest BCUT2D eigenvalue weighted by Gasteiger charge is -2.28. The molecule has 0 bridgehead atoms. The molecule has 1 saturated carbocycles. The van der Waals surface area contributed by atoms with Gasteiger partial charge in [-0.3, -0.25) is 14.9 Å². The first kappa shape index (κ1) is 15.8. The summed E-state index contributed by atoms with van der Waals surface area (Å²) in [5.74, 6) is -0.00407. The molecule has 114 valence electrons. The van der Waals surface area contributed by atoms with Crippen molar-refractivity contribution in [3.05, 3.63) is 39.9 Å². The van der Waals surface area contributed by atoms with Crippen LogP contribution in [-0.4, -0.2) is 28.4 Å². The average molecular weight is 308 g/mol. The maximum Gasteiger partial charge on any atom is 0.269 e. The van der Waals surface area contributed by atoms with Gasteiger partial charge in [0.25, 0.3) is 5.69 Å². The van der Waals surface area contributed by atoms with E-state index < -0.39 is 4.92 Å². The summed E-state index contributed by atoms with van der Waals surface area (Å²) in [6.07, 6.45) is 6.87. The van der Waals surface area contributed by atoms with Crippen LogP contribution < -0.4 is 5.32 Å². The minimum Gasteiger partial charge on any atom is -0.353 e. The molecule has 0 radical (unpaired) electrons. The number of carbonyl (C=O) groups is 1. The summed E-state index contributed by atoms with van der Waals surface area (Å²) < 4.78 is 0. The Labute approximate surface area is 128 Å². The lowest BCUT2D eigenvalue weighted by Crippen LogP contribution is -2.39. The summed E-state index contributed by atoms with van der Waals surface area (Å²) in [5.41, 5.74) is 0.851. The van der Waals surface area contributed by atoms with Gasteiger partial charge >= 0.3 is 0 Å². The van der Waals surface area contributed by atoms with Crippen LogP contribution >= 0.6 is 11.8 Å². The molecule has 1 aromatic carbocycles. The van der Waals surface area contributed by atoms with Crippen molar-refractivity contribution in [2.45, 2.75) is 43.4 Å². The number of amides is 1. The number of thioether (sulfide) groups is 1. The van der Waals surface area contributed by atoms with E-state index in [1.807, 2.05) is 11.8 Å². The van der Waals surface area contributed by atoms with Crippen LogP contribution in [0.15, 0.2) is 24.3 Å². The van der Waals surface area contributed by atoms with Gasteiger partial charge in [-0.2, -0.15) is 11.8 Å². The number of nitrogens with zero attached hydrogens (tertiary/aromatic N) is 1. The molecule has 0 heterocycles. The van der Waals surface area contributed by atoms with Crippen LogP contribution in [0.3, 0.4) is 0 Å². The quantitative estimate of drug-likeness (QED) is 0.670. The van der Waals surface area contributed by atoms with Crippen LogP contribution in [0.1, 0.15) is 31.2 Å². The Bertz CT molecular complexity index is 504. The fourth-order valence-corrected chi connectivity index (χ4v) is 3.52. The van der Waals surface area contributed by atoms with Crippen LogP contribution in [0.4, 0.5) is 5.69 Å². The Morgan fingerprint density at radius 2 is 2.10 bits per heavy atom. The first-order valence-electron chi connectivity index (χ1n) is 7.14. The number of nitrogens with one attached hydrogen (secondary N) is 1. The predicted molar refractivity (Wildman–Crippen MR) is 84.5 cm³/mol. The highest BCUT2D eigenvalue weighted by atomic mass is 32.2. The summed E-state index contributed by atoms with van der Waals surface area (Å²) in [7, 11) is 0. The maximum absolute atomic E-state index is 12.0. The zero-order valence-electron chi connectivity index (χ0n) is 12.1. The van der Waals surface area contributed by atoms with Gasteiger partial charge < -0.3 is 5.32 Å². The van der Waals surface area contributed by atoms with Crippen molar-refractivity contribution in [1.82, 2.24) is 5.32 Å². The van der Waals surface area contributed by atoms with Crippen molar-refractivity contribution in [3.8, 4) is 0 Å². The van der Waals surface area contributed by atoms with Crippen molar-refractivity contribution < 1.29 is 9.72 Å². The summed E-state index contributed by atoms with van der Waals surface area (Å²) in [6, 6.07) is 6.42. The minimum absolute atomic E-state index is 0.00407. The average Bonchev–Trinajstić information content (AvgIpc) is 2.47. The highest BCUT2D eigenvalue weighted by molar-refractivity contribution is 7.99. The zero-order valence-corrected chi connectivity index (χ0v) is 12.9. The van der Waals surface area contributed by atoms with Crippen LogP contribution in [0.5, 0.6) is 0 Å². The number of hydrogen-bond donors (Lipinski definition) is 1. The van der Waals surface area contributed by atoms with E-state index in [9.17, 15) is 14.9 Å². The number of nitro groups is 1. The molecule has 0 unspecified atom stereocenters. The third kappa shape index (κ3) is 4.74. The fraction of sp³-hybridized carbons (Fsp3) is 0.533. The van der Waals surface area contributed by atoms with Gasteiger partial charge in [0.1, 0.15) is 0 Å². The van der Waals surface area contributed by atoms with Gasteiger partial charge in [-0.25, -0.2) is 0 Å². The molecule has 0 aliphatic heterocycles. The van der Waals surface area contributed by atoms with Gasteiger partial charge in [0.05, 0.1) is 11.3 Å². The van der Waals surface area contributed by atoms with Gasteiger partial charge in [0.2, 0.25) is 5.91 Å². The normalized spacial score (nSPS) is 21.8. The van der Waals surface area contributed by atoms with Crippen molar-refractivity contribution in [1.29, 1.82) is 0 Å². The predicted octanol–water partition coefficient (Wildman–Crippen LogP) is 2.93. The molecule has 0 aromatic heterocycles. The molecule has 1 amide bonds. The number of hydrogen-bond acceptors (Lipinski definition) is 4. The Hall–Kier alpha value is -1.56. The first-order valence-corrected chi connectivity index (χ1v) is 8.42. The molecule has 6 heteroatoms. The van der Waals surface area contributed by atoms with Crippen LogP contribution in [0, 0.1) is 10.1 Å². The van der Waals surface area contributed by atoms with E-state index in [1.54, 1.807) is 12.1 Å². The number of nitro benzene ring substituents is 1. The van der Waals surface area contributed by atoms with E-state index in [0.717, 1.165) is 24.8 Å². The number of non-ortho nitro benzene ring substituents is 1. The smallest absolute Gasteiger partial charge is 0.269 e. The SMILES string of the molecule is CS[C@@H]1CCC[C@H](NC(=O)Cc2ccc([N+](=O)[O-])cc2)C1. The molecule has 2 rings (SSSR count). The summed E-state index contributed by atoms with van der Waals surface area (Å²) >= 11 is 1.87. The monoisotopic (exact) mass is 308 g/mol.